The first kappa shape index (κ1) is 19.9. The number of piperidine rings is 1. The van der Waals surface area contributed by atoms with Crippen molar-refractivity contribution in [3.63, 3.8) is 0 Å². The van der Waals surface area contributed by atoms with E-state index in [1.807, 2.05) is 39.0 Å². The number of hydrogen-bond acceptors (Lipinski definition) is 5. The number of carbonyl (C=O) groups excluding carboxylic acids is 2. The van der Waals surface area contributed by atoms with E-state index in [2.05, 4.69) is 10.3 Å². The topological polar surface area (TPSA) is 80.8 Å². The lowest BCUT2D eigenvalue weighted by molar-refractivity contribution is -0.121. The molecule has 3 rings (SSSR count). The summed E-state index contributed by atoms with van der Waals surface area (Å²) in [5.41, 5.74) is 0.903. The number of benzene rings is 1. The molecule has 1 N–H and O–H groups in total. The Balaban J connectivity index is 1.64. The third kappa shape index (κ3) is 4.52. The third-order valence-corrected chi connectivity index (χ3v) is 4.73. The maximum Gasteiger partial charge on any atom is 0.410 e. The van der Waals surface area contributed by atoms with Crippen LogP contribution in [0.1, 0.15) is 33.6 Å². The van der Waals surface area contributed by atoms with Crippen molar-refractivity contribution in [2.75, 3.05) is 25.5 Å². The molecule has 0 bridgehead atoms. The summed E-state index contributed by atoms with van der Waals surface area (Å²) < 4.78 is 10.8. The van der Waals surface area contributed by atoms with E-state index in [1.54, 1.807) is 24.3 Å². The number of carbonyl (C=O) groups is 2. The summed E-state index contributed by atoms with van der Waals surface area (Å²) in [5, 5.41) is 3.85. The predicted octanol–water partition coefficient (Wildman–Crippen LogP) is 3.83. The second kappa shape index (κ2) is 8.04. The van der Waals surface area contributed by atoms with Crippen molar-refractivity contribution in [1.82, 2.24) is 9.88 Å². The highest BCUT2D eigenvalue weighted by molar-refractivity contribution is 6.03. The second-order valence-electron chi connectivity index (χ2n) is 7.95. The smallest absolute Gasteiger partial charge is 0.410 e. The van der Waals surface area contributed by atoms with Gasteiger partial charge in [-0.3, -0.25) is 9.78 Å². The molecule has 1 aromatic carbocycles. The van der Waals surface area contributed by atoms with Crippen molar-refractivity contribution in [2.24, 2.45) is 5.92 Å². The number of amides is 2. The Morgan fingerprint density at radius 1 is 1.18 bits per heavy atom. The van der Waals surface area contributed by atoms with Gasteiger partial charge in [0.05, 0.1) is 12.8 Å². The zero-order chi connectivity index (χ0) is 20.3. The average molecular weight is 385 g/mol. The lowest BCUT2D eigenvalue weighted by Gasteiger charge is -2.33. The minimum Gasteiger partial charge on any atom is -0.494 e. The Morgan fingerprint density at radius 3 is 2.54 bits per heavy atom. The summed E-state index contributed by atoms with van der Waals surface area (Å²) in [7, 11) is 1.60. The molecule has 0 radical (unpaired) electrons. The zero-order valence-corrected chi connectivity index (χ0v) is 16.8. The standard InChI is InChI=1S/C21H27N3O4/c1-21(2,3)28-20(26)24-12-9-14(10-13-24)19(25)23-16-7-8-17(27-4)18-15(16)6-5-11-22-18/h5-8,11,14H,9-10,12-13H2,1-4H3,(H,23,25). The van der Waals surface area contributed by atoms with Gasteiger partial charge in [-0.05, 0) is 57.9 Å². The average Bonchev–Trinajstić information content (AvgIpc) is 2.67. The summed E-state index contributed by atoms with van der Waals surface area (Å²) >= 11 is 0. The molecule has 1 aliphatic heterocycles. The zero-order valence-electron chi connectivity index (χ0n) is 16.8. The Hall–Kier alpha value is -2.83. The van der Waals surface area contributed by atoms with Crippen LogP contribution >= 0.6 is 0 Å². The normalized spacial score (nSPS) is 15.4. The predicted molar refractivity (Wildman–Crippen MR) is 107 cm³/mol. The van der Waals surface area contributed by atoms with E-state index in [4.69, 9.17) is 9.47 Å². The second-order valence-corrected chi connectivity index (χ2v) is 7.95. The number of aromatic nitrogens is 1. The van der Waals surface area contributed by atoms with Crippen LogP contribution in [0.4, 0.5) is 10.5 Å². The number of pyridine rings is 1. The molecule has 0 spiro atoms. The van der Waals surface area contributed by atoms with Crippen LogP contribution in [0.5, 0.6) is 5.75 Å². The molecule has 1 fully saturated rings. The number of likely N-dealkylation sites (tertiary alicyclic amines) is 1. The van der Waals surface area contributed by atoms with Gasteiger partial charge < -0.3 is 19.7 Å². The number of nitrogens with one attached hydrogen (secondary N) is 1. The molecular formula is C21H27N3O4. The van der Waals surface area contributed by atoms with Gasteiger partial charge in [0, 0.05) is 30.6 Å². The molecule has 0 saturated carbocycles. The highest BCUT2D eigenvalue weighted by atomic mass is 16.6. The van der Waals surface area contributed by atoms with Crippen LogP contribution in [0.3, 0.4) is 0 Å². The molecule has 28 heavy (non-hydrogen) atoms. The van der Waals surface area contributed by atoms with Crippen LogP contribution in [-0.2, 0) is 9.53 Å². The molecule has 1 aliphatic rings. The van der Waals surface area contributed by atoms with Gasteiger partial charge in [-0.2, -0.15) is 0 Å². The van der Waals surface area contributed by atoms with Gasteiger partial charge in [0.25, 0.3) is 0 Å². The van der Waals surface area contributed by atoms with Crippen molar-refractivity contribution in [2.45, 2.75) is 39.2 Å². The van der Waals surface area contributed by atoms with Crippen LogP contribution in [0.2, 0.25) is 0 Å². The summed E-state index contributed by atoms with van der Waals surface area (Å²) in [6.45, 7) is 6.56. The number of fused-ring (bicyclic) bond motifs is 1. The molecule has 2 heterocycles. The minimum atomic E-state index is -0.519. The SMILES string of the molecule is COc1ccc(NC(=O)C2CCN(C(=O)OC(C)(C)C)CC2)c2cccnc12. The van der Waals surface area contributed by atoms with Gasteiger partial charge in [0.1, 0.15) is 16.9 Å². The maximum absolute atomic E-state index is 12.8. The number of hydrogen-bond donors (Lipinski definition) is 1. The molecule has 150 valence electrons. The van der Waals surface area contributed by atoms with Crippen LogP contribution in [-0.4, -0.2) is 47.7 Å². The molecule has 7 nitrogen and oxygen atoms in total. The van der Waals surface area contributed by atoms with Gasteiger partial charge in [-0.15, -0.1) is 0 Å². The molecule has 2 aromatic rings. The van der Waals surface area contributed by atoms with E-state index in [9.17, 15) is 9.59 Å². The Bertz CT molecular complexity index is 868. The number of rotatable bonds is 3. The lowest BCUT2D eigenvalue weighted by atomic mass is 9.96. The van der Waals surface area contributed by atoms with Gasteiger partial charge in [0.15, 0.2) is 0 Å². The molecule has 1 aromatic heterocycles. The number of anilines is 1. The van der Waals surface area contributed by atoms with Crippen molar-refractivity contribution in [3.05, 3.63) is 30.5 Å². The minimum absolute atomic E-state index is 0.0424. The Kier molecular flexibility index (Phi) is 5.72. The van der Waals surface area contributed by atoms with Gasteiger partial charge in [-0.1, -0.05) is 0 Å². The van der Waals surface area contributed by atoms with Crippen molar-refractivity contribution in [3.8, 4) is 5.75 Å². The van der Waals surface area contributed by atoms with Crippen LogP contribution in [0, 0.1) is 5.92 Å². The van der Waals surface area contributed by atoms with E-state index in [0.717, 1.165) is 5.39 Å². The maximum atomic E-state index is 12.8. The summed E-state index contributed by atoms with van der Waals surface area (Å²) in [4.78, 5) is 31.0. The highest BCUT2D eigenvalue weighted by Crippen LogP contribution is 2.30. The molecule has 0 unspecified atom stereocenters. The summed E-state index contributed by atoms with van der Waals surface area (Å²) in [6, 6.07) is 7.37. The quantitative estimate of drug-likeness (QED) is 0.868. The first-order valence-corrected chi connectivity index (χ1v) is 9.49. The van der Waals surface area contributed by atoms with Crippen molar-refractivity contribution < 1.29 is 19.1 Å². The lowest BCUT2D eigenvalue weighted by Crippen LogP contribution is -2.43. The van der Waals surface area contributed by atoms with E-state index < -0.39 is 5.60 Å². The van der Waals surface area contributed by atoms with Gasteiger partial charge >= 0.3 is 6.09 Å². The fraction of sp³-hybridized carbons (Fsp3) is 0.476. The third-order valence-electron chi connectivity index (χ3n) is 4.73. The molecule has 7 heteroatoms. The monoisotopic (exact) mass is 385 g/mol. The fourth-order valence-corrected chi connectivity index (χ4v) is 3.31. The Labute approximate surface area is 165 Å². The first-order chi connectivity index (χ1) is 13.3. The first-order valence-electron chi connectivity index (χ1n) is 9.49. The van der Waals surface area contributed by atoms with E-state index in [-0.39, 0.29) is 17.9 Å². The van der Waals surface area contributed by atoms with Crippen molar-refractivity contribution >= 4 is 28.6 Å². The largest absolute Gasteiger partial charge is 0.494 e. The van der Waals surface area contributed by atoms with Crippen LogP contribution < -0.4 is 10.1 Å². The number of methoxy groups -OCH3 is 1. The summed E-state index contributed by atoms with van der Waals surface area (Å²) in [5.74, 6) is 0.478. The van der Waals surface area contributed by atoms with E-state index >= 15 is 0 Å². The van der Waals surface area contributed by atoms with Gasteiger partial charge in [-0.25, -0.2) is 4.79 Å². The Morgan fingerprint density at radius 2 is 1.89 bits per heavy atom. The molecular weight excluding hydrogens is 358 g/mol. The van der Waals surface area contributed by atoms with Gasteiger partial charge in [0.2, 0.25) is 5.91 Å². The van der Waals surface area contributed by atoms with Crippen LogP contribution in [0.15, 0.2) is 30.5 Å². The molecule has 0 atom stereocenters. The molecule has 2 amide bonds. The molecule has 1 saturated heterocycles. The fourth-order valence-electron chi connectivity index (χ4n) is 3.31. The van der Waals surface area contributed by atoms with Crippen molar-refractivity contribution in [1.29, 1.82) is 0 Å². The number of ether oxygens (including phenoxy) is 2. The highest BCUT2D eigenvalue weighted by Gasteiger charge is 2.30. The molecule has 0 aliphatic carbocycles. The van der Waals surface area contributed by atoms with E-state index in [1.165, 1.54) is 0 Å². The van der Waals surface area contributed by atoms with E-state index in [0.29, 0.717) is 42.9 Å². The summed E-state index contributed by atoms with van der Waals surface area (Å²) in [6.07, 6.45) is 2.59. The van der Waals surface area contributed by atoms with Crippen LogP contribution in [0.25, 0.3) is 10.9 Å². The number of nitrogens with zero attached hydrogens (tertiary/aromatic N) is 2.